The number of aromatic nitrogens is 3. The molecule has 0 aromatic carbocycles. The van der Waals surface area contributed by atoms with Gasteiger partial charge in [0.1, 0.15) is 0 Å². The standard InChI is InChI=1S/C14H14Br2N4S/c1-2-17-12(13-11(16)5-9(15)7-18-13)6-10-8-20-3-4-21-14(20)19-10/h3-5,7-8,12,17H,2,6H2,1H3. The van der Waals surface area contributed by atoms with Crippen molar-refractivity contribution in [3.8, 4) is 0 Å². The van der Waals surface area contributed by atoms with Crippen LogP contribution < -0.4 is 5.32 Å². The number of rotatable bonds is 5. The highest BCUT2D eigenvalue weighted by Crippen LogP contribution is 2.27. The van der Waals surface area contributed by atoms with E-state index in [1.165, 1.54) is 0 Å². The normalized spacial score (nSPS) is 12.9. The van der Waals surface area contributed by atoms with Gasteiger partial charge in [-0.05, 0) is 44.5 Å². The van der Waals surface area contributed by atoms with E-state index in [0.717, 1.165) is 38.3 Å². The van der Waals surface area contributed by atoms with Crippen molar-refractivity contribution >= 4 is 48.2 Å². The lowest BCUT2D eigenvalue weighted by atomic mass is 10.1. The van der Waals surface area contributed by atoms with E-state index in [1.54, 1.807) is 11.3 Å². The molecule has 1 unspecified atom stereocenters. The van der Waals surface area contributed by atoms with Crippen LogP contribution in [-0.4, -0.2) is 20.9 Å². The zero-order valence-electron chi connectivity index (χ0n) is 11.4. The number of nitrogens with one attached hydrogen (secondary N) is 1. The first-order valence-corrected chi connectivity index (χ1v) is 9.09. The number of hydrogen-bond donors (Lipinski definition) is 1. The number of halogens is 2. The third-order valence-corrected chi connectivity index (χ3v) is 5.01. The van der Waals surface area contributed by atoms with E-state index < -0.39 is 0 Å². The van der Waals surface area contributed by atoms with Gasteiger partial charge in [-0.15, -0.1) is 11.3 Å². The Balaban J connectivity index is 1.88. The highest BCUT2D eigenvalue weighted by atomic mass is 79.9. The minimum atomic E-state index is 0.141. The van der Waals surface area contributed by atoms with Gasteiger partial charge in [-0.2, -0.15) is 0 Å². The van der Waals surface area contributed by atoms with Crippen molar-refractivity contribution in [2.45, 2.75) is 19.4 Å². The monoisotopic (exact) mass is 428 g/mol. The molecule has 0 saturated carbocycles. The average molecular weight is 430 g/mol. The SMILES string of the molecule is CCNC(Cc1cn2ccsc2n1)c1ncc(Br)cc1Br. The van der Waals surface area contributed by atoms with Crippen molar-refractivity contribution in [2.75, 3.05) is 6.54 Å². The van der Waals surface area contributed by atoms with Gasteiger partial charge in [0.05, 0.1) is 17.4 Å². The van der Waals surface area contributed by atoms with Gasteiger partial charge in [0, 0.05) is 39.3 Å². The van der Waals surface area contributed by atoms with Crippen molar-refractivity contribution in [1.82, 2.24) is 19.7 Å². The van der Waals surface area contributed by atoms with Crippen molar-refractivity contribution in [3.05, 3.63) is 50.4 Å². The highest BCUT2D eigenvalue weighted by Gasteiger charge is 2.18. The maximum Gasteiger partial charge on any atom is 0.193 e. The van der Waals surface area contributed by atoms with Crippen LogP contribution >= 0.6 is 43.2 Å². The summed E-state index contributed by atoms with van der Waals surface area (Å²) in [5.41, 5.74) is 2.08. The number of thiazole rings is 1. The van der Waals surface area contributed by atoms with Gasteiger partial charge in [0.2, 0.25) is 0 Å². The Morgan fingerprint density at radius 2 is 2.29 bits per heavy atom. The molecule has 0 radical (unpaired) electrons. The third kappa shape index (κ3) is 3.36. The second-order valence-corrected chi connectivity index (χ2v) is 7.30. The zero-order valence-corrected chi connectivity index (χ0v) is 15.4. The molecule has 1 atom stereocenters. The molecule has 0 fully saturated rings. The second kappa shape index (κ2) is 6.56. The molecule has 3 aromatic heterocycles. The van der Waals surface area contributed by atoms with Crippen LogP contribution in [-0.2, 0) is 6.42 Å². The summed E-state index contributed by atoms with van der Waals surface area (Å²) in [4.78, 5) is 10.2. The number of nitrogens with zero attached hydrogens (tertiary/aromatic N) is 3. The molecule has 1 N–H and O–H groups in total. The lowest BCUT2D eigenvalue weighted by Crippen LogP contribution is -2.24. The zero-order chi connectivity index (χ0) is 14.8. The molecule has 3 aromatic rings. The number of imidazole rings is 1. The third-order valence-electron chi connectivity index (χ3n) is 3.17. The summed E-state index contributed by atoms with van der Waals surface area (Å²) >= 11 is 8.69. The lowest BCUT2D eigenvalue weighted by molar-refractivity contribution is 0.530. The van der Waals surface area contributed by atoms with E-state index in [4.69, 9.17) is 0 Å². The maximum atomic E-state index is 4.66. The number of pyridine rings is 1. The van der Waals surface area contributed by atoms with E-state index in [-0.39, 0.29) is 6.04 Å². The van der Waals surface area contributed by atoms with E-state index >= 15 is 0 Å². The van der Waals surface area contributed by atoms with Crippen LogP contribution in [0.25, 0.3) is 4.96 Å². The molecule has 0 saturated heterocycles. The van der Waals surface area contributed by atoms with Crippen LogP contribution in [0.15, 0.2) is 39.0 Å². The van der Waals surface area contributed by atoms with Crippen molar-refractivity contribution < 1.29 is 0 Å². The predicted octanol–water partition coefficient (Wildman–Crippen LogP) is 4.21. The molecule has 21 heavy (non-hydrogen) atoms. The number of likely N-dealkylation sites (N-methyl/N-ethyl adjacent to an activating group) is 1. The summed E-state index contributed by atoms with van der Waals surface area (Å²) in [6.07, 6.45) is 6.77. The summed E-state index contributed by atoms with van der Waals surface area (Å²) in [5, 5.41) is 5.53. The van der Waals surface area contributed by atoms with E-state index in [9.17, 15) is 0 Å². The first-order valence-electron chi connectivity index (χ1n) is 6.62. The molecule has 4 nitrogen and oxygen atoms in total. The Morgan fingerprint density at radius 1 is 1.43 bits per heavy atom. The van der Waals surface area contributed by atoms with E-state index in [1.807, 2.05) is 23.8 Å². The Hall–Kier alpha value is -0.760. The highest BCUT2D eigenvalue weighted by molar-refractivity contribution is 9.11. The first-order chi connectivity index (χ1) is 10.2. The quantitative estimate of drug-likeness (QED) is 0.660. The van der Waals surface area contributed by atoms with Crippen LogP contribution in [0.5, 0.6) is 0 Å². The summed E-state index contributed by atoms with van der Waals surface area (Å²) in [5.74, 6) is 0. The van der Waals surface area contributed by atoms with E-state index in [2.05, 4.69) is 64.7 Å². The Morgan fingerprint density at radius 3 is 3.00 bits per heavy atom. The molecule has 0 aliphatic carbocycles. The van der Waals surface area contributed by atoms with Crippen LogP contribution in [0.1, 0.15) is 24.4 Å². The van der Waals surface area contributed by atoms with E-state index in [0.29, 0.717) is 0 Å². The van der Waals surface area contributed by atoms with Crippen LogP contribution in [0.2, 0.25) is 0 Å². The summed E-state index contributed by atoms with van der Waals surface area (Å²) in [6, 6.07) is 2.17. The molecular weight excluding hydrogens is 416 g/mol. The van der Waals surface area contributed by atoms with Gasteiger partial charge < -0.3 is 5.32 Å². The lowest BCUT2D eigenvalue weighted by Gasteiger charge is -2.17. The van der Waals surface area contributed by atoms with Crippen LogP contribution in [0.3, 0.4) is 0 Å². The Bertz CT molecular complexity index is 724. The van der Waals surface area contributed by atoms with Gasteiger partial charge in [-0.3, -0.25) is 9.38 Å². The van der Waals surface area contributed by atoms with Crippen molar-refractivity contribution in [3.63, 3.8) is 0 Å². The molecule has 0 aliphatic rings. The fourth-order valence-corrected chi connectivity index (χ4v) is 4.26. The summed E-state index contributed by atoms with van der Waals surface area (Å²) in [6.45, 7) is 2.99. The Labute approximate surface area is 143 Å². The fourth-order valence-electron chi connectivity index (χ4n) is 2.28. The first kappa shape index (κ1) is 15.1. The van der Waals surface area contributed by atoms with Crippen molar-refractivity contribution in [1.29, 1.82) is 0 Å². The Kier molecular flexibility index (Phi) is 4.73. The number of fused-ring (bicyclic) bond motifs is 1. The van der Waals surface area contributed by atoms with Crippen LogP contribution in [0.4, 0.5) is 0 Å². The average Bonchev–Trinajstić information content (AvgIpc) is 2.99. The molecule has 3 rings (SSSR count). The fraction of sp³-hybridized carbons (Fsp3) is 0.286. The molecular formula is C14H14Br2N4S. The molecule has 0 aliphatic heterocycles. The molecule has 3 heterocycles. The summed E-state index contributed by atoms with van der Waals surface area (Å²) in [7, 11) is 0. The molecule has 110 valence electrons. The number of hydrogen-bond acceptors (Lipinski definition) is 4. The largest absolute Gasteiger partial charge is 0.309 e. The van der Waals surface area contributed by atoms with Gasteiger partial charge >= 0.3 is 0 Å². The molecule has 0 bridgehead atoms. The summed E-state index contributed by atoms with van der Waals surface area (Å²) < 4.78 is 4.03. The smallest absolute Gasteiger partial charge is 0.193 e. The minimum Gasteiger partial charge on any atom is -0.309 e. The maximum absolute atomic E-state index is 4.66. The van der Waals surface area contributed by atoms with Gasteiger partial charge in [0.15, 0.2) is 4.96 Å². The minimum absolute atomic E-state index is 0.141. The topological polar surface area (TPSA) is 42.2 Å². The van der Waals surface area contributed by atoms with Gasteiger partial charge in [0.25, 0.3) is 0 Å². The van der Waals surface area contributed by atoms with Gasteiger partial charge in [-0.1, -0.05) is 6.92 Å². The van der Waals surface area contributed by atoms with Crippen LogP contribution in [0, 0.1) is 0 Å². The molecule has 7 heteroatoms. The molecule has 0 spiro atoms. The second-order valence-electron chi connectivity index (χ2n) is 4.66. The molecule has 0 amide bonds. The van der Waals surface area contributed by atoms with Crippen molar-refractivity contribution in [2.24, 2.45) is 0 Å². The predicted molar refractivity (Wildman–Crippen MR) is 92.8 cm³/mol. The van der Waals surface area contributed by atoms with Gasteiger partial charge in [-0.25, -0.2) is 4.98 Å².